The Morgan fingerprint density at radius 2 is 1.80 bits per heavy atom. The van der Waals surface area contributed by atoms with Crippen molar-refractivity contribution in [3.8, 4) is 5.75 Å². The third kappa shape index (κ3) is 3.54. The zero-order valence-corrected chi connectivity index (χ0v) is 10.6. The maximum atomic E-state index is 13.4. The summed E-state index contributed by atoms with van der Waals surface area (Å²) >= 11 is 0. The van der Waals surface area contributed by atoms with Gasteiger partial charge in [-0.05, 0) is 36.2 Å². The van der Waals surface area contributed by atoms with E-state index in [4.69, 9.17) is 5.11 Å². The predicted octanol–water partition coefficient (Wildman–Crippen LogP) is 2.64. The first-order valence-corrected chi connectivity index (χ1v) is 6.07. The molecular formula is C15H13F2NO2. The summed E-state index contributed by atoms with van der Waals surface area (Å²) in [6, 6.07) is 9.30. The van der Waals surface area contributed by atoms with Gasteiger partial charge in [-0.1, -0.05) is 12.1 Å². The molecule has 2 aromatic carbocycles. The summed E-state index contributed by atoms with van der Waals surface area (Å²) in [5, 5.41) is 11.6. The Balaban J connectivity index is 1.90. The van der Waals surface area contributed by atoms with Gasteiger partial charge < -0.3 is 10.4 Å². The van der Waals surface area contributed by atoms with Gasteiger partial charge in [-0.3, -0.25) is 4.79 Å². The van der Waals surface area contributed by atoms with Gasteiger partial charge in [0.25, 0.3) is 5.91 Å². The highest BCUT2D eigenvalue weighted by atomic mass is 19.1. The topological polar surface area (TPSA) is 49.3 Å². The van der Waals surface area contributed by atoms with Crippen molar-refractivity contribution in [2.45, 2.75) is 6.42 Å². The van der Waals surface area contributed by atoms with Gasteiger partial charge in [-0.25, -0.2) is 8.78 Å². The minimum atomic E-state index is -0.774. The molecule has 0 atom stereocenters. The molecule has 0 unspecified atom stereocenters. The largest absolute Gasteiger partial charge is 0.508 e. The molecular weight excluding hydrogens is 264 g/mol. The molecule has 20 heavy (non-hydrogen) atoms. The van der Waals surface area contributed by atoms with E-state index in [0.29, 0.717) is 13.0 Å². The fourth-order valence-electron chi connectivity index (χ4n) is 1.75. The highest BCUT2D eigenvalue weighted by Crippen LogP contribution is 2.14. The Kier molecular flexibility index (Phi) is 4.30. The third-order valence-corrected chi connectivity index (χ3v) is 2.81. The van der Waals surface area contributed by atoms with E-state index >= 15 is 0 Å². The van der Waals surface area contributed by atoms with Crippen LogP contribution in [0.5, 0.6) is 5.75 Å². The number of phenols is 1. The molecule has 104 valence electrons. The number of phenolic OH excluding ortho intramolecular Hbond substituents is 1. The summed E-state index contributed by atoms with van der Waals surface area (Å²) in [6.07, 6.45) is 0.520. The molecule has 3 nitrogen and oxygen atoms in total. The van der Waals surface area contributed by atoms with Crippen LogP contribution in [-0.4, -0.2) is 17.6 Å². The van der Waals surface area contributed by atoms with Gasteiger partial charge >= 0.3 is 0 Å². The minimum Gasteiger partial charge on any atom is -0.508 e. The predicted molar refractivity (Wildman–Crippen MR) is 70.5 cm³/mol. The minimum absolute atomic E-state index is 0.123. The summed E-state index contributed by atoms with van der Waals surface area (Å²) in [6.45, 7) is 0.310. The van der Waals surface area contributed by atoms with Crippen molar-refractivity contribution in [2.24, 2.45) is 0 Å². The fourth-order valence-corrected chi connectivity index (χ4v) is 1.75. The Morgan fingerprint density at radius 1 is 1.10 bits per heavy atom. The van der Waals surface area contributed by atoms with Crippen molar-refractivity contribution in [3.63, 3.8) is 0 Å². The Bertz CT molecular complexity index is 612. The van der Waals surface area contributed by atoms with E-state index in [2.05, 4.69) is 5.32 Å². The number of aromatic hydroxyl groups is 1. The van der Waals surface area contributed by atoms with E-state index in [0.717, 1.165) is 11.6 Å². The summed E-state index contributed by atoms with van der Waals surface area (Å²) in [7, 11) is 0. The molecule has 0 aromatic heterocycles. The number of benzene rings is 2. The highest BCUT2D eigenvalue weighted by molar-refractivity contribution is 5.94. The molecule has 0 aliphatic rings. The van der Waals surface area contributed by atoms with Gasteiger partial charge in [-0.2, -0.15) is 0 Å². The lowest BCUT2D eigenvalue weighted by Crippen LogP contribution is -2.26. The van der Waals surface area contributed by atoms with Crippen molar-refractivity contribution in [3.05, 3.63) is 65.2 Å². The first kappa shape index (κ1) is 14.0. The zero-order chi connectivity index (χ0) is 14.5. The average Bonchev–Trinajstić information content (AvgIpc) is 2.41. The SMILES string of the molecule is O=C(NCCc1ccc(F)cc1)c1ccc(O)cc1F. The molecule has 0 saturated carbocycles. The molecule has 0 aliphatic heterocycles. The maximum Gasteiger partial charge on any atom is 0.254 e. The lowest BCUT2D eigenvalue weighted by Gasteiger charge is -2.06. The number of carbonyl (C=O) groups excluding carboxylic acids is 1. The fraction of sp³-hybridized carbons (Fsp3) is 0.133. The van der Waals surface area contributed by atoms with Crippen LogP contribution < -0.4 is 5.32 Å². The van der Waals surface area contributed by atoms with Crippen LogP contribution in [0.15, 0.2) is 42.5 Å². The van der Waals surface area contributed by atoms with Crippen molar-refractivity contribution >= 4 is 5.91 Å². The molecule has 0 radical (unpaired) electrons. The van der Waals surface area contributed by atoms with Crippen molar-refractivity contribution in [1.82, 2.24) is 5.32 Å². The van der Waals surface area contributed by atoms with Gasteiger partial charge in [0.15, 0.2) is 0 Å². The molecule has 0 saturated heterocycles. The molecule has 0 fully saturated rings. The molecule has 0 spiro atoms. The highest BCUT2D eigenvalue weighted by Gasteiger charge is 2.11. The molecule has 0 bridgehead atoms. The van der Waals surface area contributed by atoms with E-state index in [-0.39, 0.29) is 17.1 Å². The van der Waals surface area contributed by atoms with Crippen LogP contribution in [0.25, 0.3) is 0 Å². The van der Waals surface area contributed by atoms with Crippen LogP contribution in [0.4, 0.5) is 8.78 Å². The number of hydrogen-bond acceptors (Lipinski definition) is 2. The Labute approximate surface area is 114 Å². The van der Waals surface area contributed by atoms with Gasteiger partial charge in [0, 0.05) is 12.6 Å². The molecule has 0 aliphatic carbocycles. The van der Waals surface area contributed by atoms with Gasteiger partial charge in [0.2, 0.25) is 0 Å². The van der Waals surface area contributed by atoms with E-state index in [9.17, 15) is 13.6 Å². The van der Waals surface area contributed by atoms with Crippen LogP contribution in [0, 0.1) is 11.6 Å². The lowest BCUT2D eigenvalue weighted by molar-refractivity contribution is 0.0950. The number of carbonyl (C=O) groups is 1. The number of amides is 1. The Hall–Kier alpha value is -2.43. The van der Waals surface area contributed by atoms with Crippen molar-refractivity contribution in [1.29, 1.82) is 0 Å². The molecule has 5 heteroatoms. The van der Waals surface area contributed by atoms with Crippen LogP contribution >= 0.6 is 0 Å². The number of rotatable bonds is 4. The molecule has 2 N–H and O–H groups in total. The summed E-state index contributed by atoms with van der Waals surface area (Å²) < 4.78 is 26.1. The first-order chi connectivity index (χ1) is 9.56. The zero-order valence-electron chi connectivity index (χ0n) is 10.6. The van der Waals surface area contributed by atoms with Gasteiger partial charge in [-0.15, -0.1) is 0 Å². The average molecular weight is 277 g/mol. The van der Waals surface area contributed by atoms with Crippen LogP contribution in [0.3, 0.4) is 0 Å². The van der Waals surface area contributed by atoms with Gasteiger partial charge in [0.1, 0.15) is 17.4 Å². The molecule has 1 amide bonds. The summed E-state index contributed by atoms with van der Waals surface area (Å²) in [5.41, 5.74) is 0.750. The normalized spacial score (nSPS) is 10.3. The van der Waals surface area contributed by atoms with Gasteiger partial charge in [0.05, 0.1) is 5.56 Å². The first-order valence-electron chi connectivity index (χ1n) is 6.07. The van der Waals surface area contributed by atoms with E-state index in [1.54, 1.807) is 12.1 Å². The smallest absolute Gasteiger partial charge is 0.254 e. The second kappa shape index (κ2) is 6.14. The second-order valence-corrected chi connectivity index (χ2v) is 4.30. The van der Waals surface area contributed by atoms with Crippen molar-refractivity contribution < 1.29 is 18.7 Å². The summed E-state index contributed by atoms with van der Waals surface area (Å²) in [4.78, 5) is 11.7. The standard InChI is InChI=1S/C15H13F2NO2/c16-11-3-1-10(2-4-11)7-8-18-15(20)13-6-5-12(19)9-14(13)17/h1-6,9,19H,7-8H2,(H,18,20). The third-order valence-electron chi connectivity index (χ3n) is 2.81. The van der Waals surface area contributed by atoms with Crippen molar-refractivity contribution in [2.75, 3.05) is 6.54 Å². The molecule has 2 aromatic rings. The second-order valence-electron chi connectivity index (χ2n) is 4.30. The van der Waals surface area contributed by atoms with E-state index in [1.165, 1.54) is 24.3 Å². The number of nitrogens with one attached hydrogen (secondary N) is 1. The van der Waals surface area contributed by atoms with Crippen LogP contribution in [-0.2, 0) is 6.42 Å². The maximum absolute atomic E-state index is 13.4. The number of halogens is 2. The van der Waals surface area contributed by atoms with E-state index < -0.39 is 11.7 Å². The number of hydrogen-bond donors (Lipinski definition) is 2. The molecule has 2 rings (SSSR count). The molecule has 0 heterocycles. The quantitative estimate of drug-likeness (QED) is 0.902. The van der Waals surface area contributed by atoms with Crippen LogP contribution in [0.2, 0.25) is 0 Å². The van der Waals surface area contributed by atoms with Crippen LogP contribution in [0.1, 0.15) is 15.9 Å². The lowest BCUT2D eigenvalue weighted by atomic mass is 10.1. The van der Waals surface area contributed by atoms with E-state index in [1.807, 2.05) is 0 Å². The Morgan fingerprint density at radius 3 is 2.45 bits per heavy atom. The monoisotopic (exact) mass is 277 g/mol. The summed E-state index contributed by atoms with van der Waals surface area (Å²) in [5.74, 6) is -1.87.